The average Bonchev–Trinajstić information content (AvgIpc) is 3.04. The van der Waals surface area contributed by atoms with E-state index in [1.165, 1.54) is 77.0 Å². The van der Waals surface area contributed by atoms with E-state index in [1.807, 2.05) is 7.11 Å². The summed E-state index contributed by atoms with van der Waals surface area (Å²) in [5.41, 5.74) is 1.26. The molecule has 0 aromatic heterocycles. The molecule has 0 heterocycles. The Kier molecular flexibility index (Phi) is 6.48. The van der Waals surface area contributed by atoms with Crippen molar-refractivity contribution in [2.45, 2.75) is 118 Å². The van der Waals surface area contributed by atoms with Gasteiger partial charge in [0.25, 0.3) is 0 Å². The summed E-state index contributed by atoms with van der Waals surface area (Å²) in [6.45, 7) is 12.8. The van der Waals surface area contributed by atoms with E-state index in [9.17, 15) is 0 Å². The van der Waals surface area contributed by atoms with E-state index in [0.29, 0.717) is 16.9 Å². The first-order valence-electron chi connectivity index (χ1n) is 13.3. The fourth-order valence-corrected chi connectivity index (χ4v) is 9.46. The maximum absolute atomic E-state index is 5.79. The zero-order valence-electron chi connectivity index (χ0n) is 20.5. The Morgan fingerprint density at radius 3 is 2.28 bits per heavy atom. The van der Waals surface area contributed by atoms with Crippen LogP contribution in [-0.2, 0) is 4.74 Å². The Labute approximate surface area is 182 Å². The highest BCUT2D eigenvalue weighted by atomic mass is 16.5. The van der Waals surface area contributed by atoms with Gasteiger partial charge in [0, 0.05) is 7.11 Å². The summed E-state index contributed by atoms with van der Waals surface area (Å²) in [6.07, 6.45) is 18.1. The largest absolute Gasteiger partial charge is 0.381 e. The van der Waals surface area contributed by atoms with Crippen LogP contribution in [0.5, 0.6) is 0 Å². The molecule has 4 saturated carbocycles. The van der Waals surface area contributed by atoms with Crippen LogP contribution in [0.4, 0.5) is 0 Å². The van der Waals surface area contributed by atoms with Crippen LogP contribution in [-0.4, -0.2) is 13.2 Å². The zero-order valence-corrected chi connectivity index (χ0v) is 20.5. The lowest BCUT2D eigenvalue weighted by atomic mass is 9.44. The summed E-state index contributed by atoms with van der Waals surface area (Å²) < 4.78 is 5.79. The molecule has 0 radical (unpaired) electrons. The highest BCUT2D eigenvalue weighted by Crippen LogP contribution is 2.68. The van der Waals surface area contributed by atoms with E-state index in [-0.39, 0.29) is 0 Å². The lowest BCUT2D eigenvalue weighted by Gasteiger charge is -2.61. The van der Waals surface area contributed by atoms with E-state index in [1.54, 1.807) is 0 Å². The van der Waals surface area contributed by atoms with Gasteiger partial charge < -0.3 is 4.74 Å². The second-order valence-electron chi connectivity index (χ2n) is 12.8. The molecule has 4 fully saturated rings. The number of hydrogen-bond acceptors (Lipinski definition) is 1. The van der Waals surface area contributed by atoms with Gasteiger partial charge in [0.2, 0.25) is 0 Å². The fraction of sp³-hybridized carbons (Fsp3) is 1.00. The van der Waals surface area contributed by atoms with Crippen LogP contribution in [0.25, 0.3) is 0 Å². The van der Waals surface area contributed by atoms with Crippen LogP contribution in [0.1, 0.15) is 112 Å². The molecule has 0 aromatic carbocycles. The summed E-state index contributed by atoms with van der Waals surface area (Å²) >= 11 is 0. The smallest absolute Gasteiger partial charge is 0.0574 e. The van der Waals surface area contributed by atoms with Gasteiger partial charge in [-0.25, -0.2) is 0 Å². The van der Waals surface area contributed by atoms with Gasteiger partial charge in [-0.3, -0.25) is 0 Å². The summed E-state index contributed by atoms with van der Waals surface area (Å²) in [6, 6.07) is 0. The molecular formula is C28H50O. The highest BCUT2D eigenvalue weighted by molar-refractivity contribution is 5.09. The van der Waals surface area contributed by atoms with Crippen LogP contribution >= 0.6 is 0 Å². The molecule has 1 nitrogen and oxygen atoms in total. The maximum atomic E-state index is 5.79. The lowest BCUT2D eigenvalue weighted by molar-refractivity contribution is -0.133. The highest BCUT2D eigenvalue weighted by Gasteiger charge is 2.60. The van der Waals surface area contributed by atoms with Crippen molar-refractivity contribution < 1.29 is 4.74 Å². The molecule has 0 aromatic rings. The summed E-state index contributed by atoms with van der Waals surface area (Å²) in [5.74, 6) is 6.79. The minimum Gasteiger partial charge on any atom is -0.381 e. The Balaban J connectivity index is 1.45. The molecule has 8 unspecified atom stereocenters. The van der Waals surface area contributed by atoms with Gasteiger partial charge >= 0.3 is 0 Å². The van der Waals surface area contributed by atoms with Crippen molar-refractivity contribution >= 4 is 0 Å². The maximum Gasteiger partial charge on any atom is 0.0574 e. The van der Waals surface area contributed by atoms with Crippen LogP contribution in [0, 0.1) is 52.3 Å². The first-order valence-corrected chi connectivity index (χ1v) is 13.3. The first kappa shape index (κ1) is 22.2. The van der Waals surface area contributed by atoms with Crippen LogP contribution in [0.15, 0.2) is 0 Å². The third-order valence-corrected chi connectivity index (χ3v) is 11.2. The van der Waals surface area contributed by atoms with E-state index in [2.05, 4.69) is 34.6 Å². The SMILES string of the molecule is COC1CCC2(C)C(CCC3C2CCC2(C)C3CCC2[C@H](C)CCCC(C)C)C1. The summed E-state index contributed by atoms with van der Waals surface area (Å²) in [5, 5.41) is 0. The number of fused-ring (bicyclic) bond motifs is 5. The van der Waals surface area contributed by atoms with E-state index in [4.69, 9.17) is 4.74 Å². The van der Waals surface area contributed by atoms with Gasteiger partial charge in [-0.2, -0.15) is 0 Å². The second kappa shape index (κ2) is 8.48. The Hall–Kier alpha value is -0.0400. The Morgan fingerprint density at radius 2 is 1.55 bits per heavy atom. The summed E-state index contributed by atoms with van der Waals surface area (Å²) in [4.78, 5) is 0. The molecule has 1 heteroatoms. The molecule has 4 aliphatic rings. The number of methoxy groups -OCH3 is 1. The van der Waals surface area contributed by atoms with Crippen LogP contribution in [0.2, 0.25) is 0 Å². The molecule has 0 bridgehead atoms. The first-order chi connectivity index (χ1) is 13.8. The monoisotopic (exact) mass is 402 g/mol. The van der Waals surface area contributed by atoms with Gasteiger partial charge in [-0.05, 0) is 110 Å². The molecule has 0 spiro atoms. The molecule has 29 heavy (non-hydrogen) atoms. The van der Waals surface area contributed by atoms with Crippen molar-refractivity contribution in [2.75, 3.05) is 7.11 Å². The summed E-state index contributed by atoms with van der Waals surface area (Å²) in [7, 11) is 1.94. The molecular weight excluding hydrogens is 352 g/mol. The number of hydrogen-bond donors (Lipinski definition) is 0. The van der Waals surface area contributed by atoms with Crippen molar-refractivity contribution in [2.24, 2.45) is 52.3 Å². The van der Waals surface area contributed by atoms with Gasteiger partial charge in [0.05, 0.1) is 6.10 Å². The average molecular weight is 403 g/mol. The van der Waals surface area contributed by atoms with Gasteiger partial charge in [0.15, 0.2) is 0 Å². The number of rotatable bonds is 6. The molecule has 9 atom stereocenters. The quantitative estimate of drug-likeness (QED) is 0.436. The van der Waals surface area contributed by atoms with Crippen LogP contribution < -0.4 is 0 Å². The van der Waals surface area contributed by atoms with Gasteiger partial charge in [-0.15, -0.1) is 0 Å². The topological polar surface area (TPSA) is 9.23 Å². The lowest BCUT2D eigenvalue weighted by Crippen LogP contribution is -2.54. The molecule has 0 amide bonds. The van der Waals surface area contributed by atoms with Crippen molar-refractivity contribution in [1.82, 2.24) is 0 Å². The number of ether oxygens (including phenoxy) is 1. The van der Waals surface area contributed by atoms with Gasteiger partial charge in [-0.1, -0.05) is 53.9 Å². The second-order valence-corrected chi connectivity index (χ2v) is 12.8. The molecule has 0 N–H and O–H groups in total. The normalized spacial score (nSPS) is 48.1. The predicted octanol–water partition coefficient (Wildman–Crippen LogP) is 8.12. The van der Waals surface area contributed by atoms with E-state index >= 15 is 0 Å². The van der Waals surface area contributed by atoms with Crippen LogP contribution in [0.3, 0.4) is 0 Å². The minimum atomic E-state index is 0.543. The molecule has 0 saturated heterocycles. The zero-order chi connectivity index (χ0) is 20.8. The standard InChI is InChI=1S/C28H50O/c1-19(2)8-7-9-20(3)24-12-13-25-23-11-10-21-18-22(29-6)14-16-27(21,4)26(23)15-17-28(24,25)5/h19-26H,7-18H2,1-6H3/t20-,21?,22?,23?,24?,25?,26?,27?,28?/m1/s1. The predicted molar refractivity (Wildman–Crippen MR) is 124 cm³/mol. The molecule has 168 valence electrons. The van der Waals surface area contributed by atoms with Crippen molar-refractivity contribution in [3.8, 4) is 0 Å². The minimum absolute atomic E-state index is 0.543. The van der Waals surface area contributed by atoms with Crippen molar-refractivity contribution in [3.05, 3.63) is 0 Å². The van der Waals surface area contributed by atoms with Crippen molar-refractivity contribution in [3.63, 3.8) is 0 Å². The van der Waals surface area contributed by atoms with E-state index in [0.717, 1.165) is 41.4 Å². The molecule has 4 rings (SSSR count). The fourth-order valence-electron chi connectivity index (χ4n) is 9.46. The third kappa shape index (κ3) is 3.85. The van der Waals surface area contributed by atoms with Gasteiger partial charge in [0.1, 0.15) is 0 Å². The van der Waals surface area contributed by atoms with E-state index < -0.39 is 0 Å². The third-order valence-electron chi connectivity index (χ3n) is 11.2. The Morgan fingerprint density at radius 1 is 0.828 bits per heavy atom. The Bertz CT molecular complexity index is 555. The van der Waals surface area contributed by atoms with Crippen molar-refractivity contribution in [1.29, 1.82) is 0 Å². The molecule has 4 aliphatic carbocycles. The molecule has 0 aliphatic heterocycles.